The van der Waals surface area contributed by atoms with E-state index in [2.05, 4.69) is 6.92 Å². The minimum absolute atomic E-state index is 0.385. The summed E-state index contributed by atoms with van der Waals surface area (Å²) in [6, 6.07) is 9.82. The summed E-state index contributed by atoms with van der Waals surface area (Å²) >= 11 is 0. The van der Waals surface area contributed by atoms with Gasteiger partial charge in [0.2, 0.25) is 0 Å². The quantitative estimate of drug-likeness (QED) is 0.594. The van der Waals surface area contributed by atoms with Crippen molar-refractivity contribution in [3.05, 3.63) is 47.5 Å². The lowest BCUT2D eigenvalue weighted by Gasteiger charge is -2.12. The fourth-order valence-corrected chi connectivity index (χ4v) is 2.84. The molecule has 3 nitrogen and oxygen atoms in total. The fourth-order valence-electron chi connectivity index (χ4n) is 2.27. The molecule has 0 heterocycles. The third-order valence-corrected chi connectivity index (χ3v) is 3.91. The van der Waals surface area contributed by atoms with Gasteiger partial charge < -0.3 is 0 Å². The molecule has 0 bridgehead atoms. The van der Waals surface area contributed by atoms with Crippen molar-refractivity contribution < 1.29 is 12.6 Å². The highest BCUT2D eigenvalue weighted by Crippen LogP contribution is 2.40. The van der Waals surface area contributed by atoms with Crippen molar-refractivity contribution in [3.8, 4) is 0 Å². The van der Waals surface area contributed by atoms with Crippen LogP contribution in [0.2, 0.25) is 0 Å². The molecule has 1 aliphatic rings. The lowest BCUT2D eigenvalue weighted by atomic mass is 10.1. The standard InChI is InChI=1S/C15H20O3S/c1-3-13-10-14(13)11-15(18-19(2,16)17)9-12-7-5-4-6-8-12/h4-8,11,13,15H,3,9-10H2,1-2H3/b14-11+/t13-,15?/m1/s1. The van der Waals surface area contributed by atoms with Gasteiger partial charge in [-0.3, -0.25) is 4.18 Å². The molecule has 0 aliphatic heterocycles. The summed E-state index contributed by atoms with van der Waals surface area (Å²) in [6.07, 6.45) is 5.49. The van der Waals surface area contributed by atoms with E-state index in [1.165, 1.54) is 5.57 Å². The highest BCUT2D eigenvalue weighted by Gasteiger charge is 2.29. The van der Waals surface area contributed by atoms with E-state index >= 15 is 0 Å². The molecule has 1 saturated carbocycles. The van der Waals surface area contributed by atoms with Crippen molar-refractivity contribution in [3.63, 3.8) is 0 Å². The van der Waals surface area contributed by atoms with Gasteiger partial charge in [0, 0.05) is 6.42 Å². The van der Waals surface area contributed by atoms with Gasteiger partial charge in [0.25, 0.3) is 10.1 Å². The van der Waals surface area contributed by atoms with Crippen molar-refractivity contribution in [2.24, 2.45) is 5.92 Å². The third kappa shape index (κ3) is 4.80. The van der Waals surface area contributed by atoms with E-state index in [0.717, 1.165) is 24.7 Å². The molecule has 0 N–H and O–H groups in total. The summed E-state index contributed by atoms with van der Waals surface area (Å²) in [6.45, 7) is 2.15. The molecule has 19 heavy (non-hydrogen) atoms. The van der Waals surface area contributed by atoms with E-state index in [9.17, 15) is 8.42 Å². The van der Waals surface area contributed by atoms with E-state index in [0.29, 0.717) is 12.3 Å². The Bertz CT molecular complexity index is 546. The smallest absolute Gasteiger partial charge is 0.262 e. The van der Waals surface area contributed by atoms with Gasteiger partial charge in [-0.2, -0.15) is 8.42 Å². The summed E-state index contributed by atoms with van der Waals surface area (Å²) in [7, 11) is -3.43. The van der Waals surface area contributed by atoms with E-state index in [1.54, 1.807) is 0 Å². The van der Waals surface area contributed by atoms with Gasteiger partial charge in [0.05, 0.1) is 12.4 Å². The van der Waals surface area contributed by atoms with Crippen molar-refractivity contribution in [1.82, 2.24) is 0 Å². The van der Waals surface area contributed by atoms with Gasteiger partial charge >= 0.3 is 0 Å². The van der Waals surface area contributed by atoms with E-state index in [-0.39, 0.29) is 6.10 Å². The lowest BCUT2D eigenvalue weighted by Crippen LogP contribution is -2.18. The molecule has 0 spiro atoms. The topological polar surface area (TPSA) is 43.4 Å². The van der Waals surface area contributed by atoms with Gasteiger partial charge in [-0.25, -0.2) is 0 Å². The van der Waals surface area contributed by atoms with Gasteiger partial charge in [-0.15, -0.1) is 0 Å². The molecule has 1 unspecified atom stereocenters. The molecule has 0 amide bonds. The van der Waals surface area contributed by atoms with E-state index < -0.39 is 10.1 Å². The second-order valence-electron chi connectivity index (χ2n) is 5.08. The Morgan fingerprint density at radius 2 is 2.05 bits per heavy atom. The average molecular weight is 280 g/mol. The maximum Gasteiger partial charge on any atom is 0.264 e. The maximum absolute atomic E-state index is 11.3. The van der Waals surface area contributed by atoms with Gasteiger partial charge in [-0.1, -0.05) is 48.9 Å². The number of hydrogen-bond donors (Lipinski definition) is 0. The number of hydrogen-bond acceptors (Lipinski definition) is 3. The highest BCUT2D eigenvalue weighted by atomic mass is 32.2. The maximum atomic E-state index is 11.3. The minimum Gasteiger partial charge on any atom is -0.262 e. The van der Waals surface area contributed by atoms with Crippen LogP contribution >= 0.6 is 0 Å². The summed E-state index contributed by atoms with van der Waals surface area (Å²) in [5, 5.41) is 0. The Kier molecular flexibility index (Phi) is 4.42. The number of rotatable bonds is 6. The predicted octanol–water partition coefficient (Wildman–Crippen LogP) is 2.93. The zero-order valence-electron chi connectivity index (χ0n) is 11.4. The molecular formula is C15H20O3S. The molecule has 0 aromatic heterocycles. The summed E-state index contributed by atoms with van der Waals surface area (Å²) in [5.74, 6) is 0.626. The predicted molar refractivity (Wildman–Crippen MR) is 76.3 cm³/mol. The van der Waals surface area contributed by atoms with Crippen molar-refractivity contribution in [2.75, 3.05) is 6.26 Å². The Morgan fingerprint density at radius 1 is 1.37 bits per heavy atom. The Balaban J connectivity index is 2.09. The largest absolute Gasteiger partial charge is 0.264 e. The van der Waals surface area contributed by atoms with Crippen LogP contribution in [0.15, 0.2) is 42.0 Å². The zero-order chi connectivity index (χ0) is 13.9. The van der Waals surface area contributed by atoms with Gasteiger partial charge in [0.15, 0.2) is 0 Å². The molecule has 1 aromatic rings. The van der Waals surface area contributed by atoms with Gasteiger partial charge in [0.1, 0.15) is 0 Å². The molecule has 2 atom stereocenters. The number of allylic oxidation sites excluding steroid dienone is 1. The first-order chi connectivity index (χ1) is 8.98. The van der Waals surface area contributed by atoms with Crippen LogP contribution in [-0.2, 0) is 20.7 Å². The molecule has 0 radical (unpaired) electrons. The van der Waals surface area contributed by atoms with Crippen molar-refractivity contribution in [2.45, 2.75) is 32.3 Å². The van der Waals surface area contributed by atoms with Gasteiger partial charge in [-0.05, 0) is 24.3 Å². The Morgan fingerprint density at radius 3 is 2.58 bits per heavy atom. The van der Waals surface area contributed by atoms with E-state index in [1.807, 2.05) is 36.4 Å². The van der Waals surface area contributed by atoms with Crippen LogP contribution in [0.4, 0.5) is 0 Å². The molecule has 0 saturated heterocycles. The fraction of sp³-hybridized carbons (Fsp3) is 0.467. The average Bonchev–Trinajstić information content (AvgIpc) is 3.06. The van der Waals surface area contributed by atoms with Crippen molar-refractivity contribution in [1.29, 1.82) is 0 Å². The SMILES string of the molecule is CC[C@@H]1C/C1=C\C(Cc1ccccc1)OS(C)(=O)=O. The van der Waals surface area contributed by atoms with Crippen LogP contribution in [0.25, 0.3) is 0 Å². The van der Waals surface area contributed by atoms with Crippen LogP contribution in [0.1, 0.15) is 25.3 Å². The summed E-state index contributed by atoms with van der Waals surface area (Å²) < 4.78 is 27.8. The van der Waals surface area contributed by atoms with Crippen LogP contribution in [0.3, 0.4) is 0 Å². The van der Waals surface area contributed by atoms with Crippen LogP contribution < -0.4 is 0 Å². The van der Waals surface area contributed by atoms with Crippen LogP contribution in [-0.4, -0.2) is 20.8 Å². The molecule has 104 valence electrons. The molecule has 1 aliphatic carbocycles. The Labute approximate surface area is 115 Å². The lowest BCUT2D eigenvalue weighted by molar-refractivity contribution is 0.258. The second-order valence-corrected chi connectivity index (χ2v) is 6.68. The monoisotopic (exact) mass is 280 g/mol. The van der Waals surface area contributed by atoms with Crippen LogP contribution in [0.5, 0.6) is 0 Å². The number of benzene rings is 1. The molecule has 2 rings (SSSR count). The summed E-state index contributed by atoms with van der Waals surface area (Å²) in [5.41, 5.74) is 2.41. The molecule has 4 heteroatoms. The molecular weight excluding hydrogens is 260 g/mol. The third-order valence-electron chi connectivity index (χ3n) is 3.32. The van der Waals surface area contributed by atoms with Crippen LogP contribution in [0, 0.1) is 5.92 Å². The second kappa shape index (κ2) is 5.88. The van der Waals surface area contributed by atoms with E-state index in [4.69, 9.17) is 4.18 Å². The molecule has 1 aromatic carbocycles. The minimum atomic E-state index is -3.43. The zero-order valence-corrected chi connectivity index (χ0v) is 12.2. The first-order valence-corrected chi connectivity index (χ1v) is 8.42. The first-order valence-electron chi connectivity index (χ1n) is 6.60. The summed E-state index contributed by atoms with van der Waals surface area (Å²) in [4.78, 5) is 0. The van der Waals surface area contributed by atoms with Crippen molar-refractivity contribution >= 4 is 10.1 Å². The highest BCUT2D eigenvalue weighted by molar-refractivity contribution is 7.86. The molecule has 1 fully saturated rings. The first kappa shape index (κ1) is 14.3. The Hall–Kier alpha value is -1.13. The normalized spacial score (nSPS) is 22.4.